The number of hydrogen-bond donors (Lipinski definition) is 3. The van der Waals surface area contributed by atoms with Crippen LogP contribution in [-0.4, -0.2) is 43.4 Å². The first-order valence-electron chi connectivity index (χ1n) is 10.3. The van der Waals surface area contributed by atoms with Crippen LogP contribution in [0.3, 0.4) is 0 Å². The van der Waals surface area contributed by atoms with Gasteiger partial charge >= 0.3 is 0 Å². The van der Waals surface area contributed by atoms with Crippen molar-refractivity contribution in [3.8, 4) is 0 Å². The Hall–Kier alpha value is -2.71. The van der Waals surface area contributed by atoms with E-state index in [0.717, 1.165) is 29.5 Å². The van der Waals surface area contributed by atoms with E-state index in [-0.39, 0.29) is 5.91 Å². The first-order chi connectivity index (χ1) is 14.5. The lowest BCUT2D eigenvalue weighted by atomic mass is 9.95. The highest BCUT2D eigenvalue weighted by atomic mass is 35.5. The molecule has 3 aromatic rings. The molecule has 156 valence electrons. The van der Waals surface area contributed by atoms with Crippen molar-refractivity contribution in [3.05, 3.63) is 40.7 Å². The van der Waals surface area contributed by atoms with E-state index in [1.54, 1.807) is 19.1 Å². The number of fused-ring (bicyclic) bond motifs is 2. The maximum absolute atomic E-state index is 12.9. The molecule has 3 N–H and O–H groups in total. The molecule has 9 heteroatoms. The molecule has 8 nitrogen and oxygen atoms in total. The summed E-state index contributed by atoms with van der Waals surface area (Å²) >= 11 is 6.22. The fraction of sp³-hybridized carbons (Fsp3) is 0.429. The van der Waals surface area contributed by atoms with Gasteiger partial charge in [-0.05, 0) is 43.5 Å². The van der Waals surface area contributed by atoms with Crippen LogP contribution in [0.1, 0.15) is 55.8 Å². The summed E-state index contributed by atoms with van der Waals surface area (Å²) in [5.74, 6) is -0.404. The van der Waals surface area contributed by atoms with Crippen molar-refractivity contribution in [2.75, 3.05) is 17.2 Å². The van der Waals surface area contributed by atoms with Crippen LogP contribution in [-0.2, 0) is 4.79 Å². The molecular formula is C21H23ClN6O2. The molecule has 30 heavy (non-hydrogen) atoms. The maximum atomic E-state index is 12.9. The lowest BCUT2D eigenvalue weighted by Gasteiger charge is -2.13. The molecule has 1 saturated carbocycles. The summed E-state index contributed by atoms with van der Waals surface area (Å²) in [5, 5.41) is 21.7. The second kappa shape index (κ2) is 7.52. The molecule has 1 fully saturated rings. The van der Waals surface area contributed by atoms with Gasteiger partial charge in [0.1, 0.15) is 5.92 Å². The SMILES string of the molecule is CC(O)CNc1nc(C2C(=O)Nc3ccc(Cl)cc32)c2cn(C3CCCC3)nc2n1. The second-order valence-electron chi connectivity index (χ2n) is 8.10. The average molecular weight is 427 g/mol. The topological polar surface area (TPSA) is 105 Å². The van der Waals surface area contributed by atoms with E-state index >= 15 is 0 Å². The summed E-state index contributed by atoms with van der Waals surface area (Å²) < 4.78 is 1.97. The van der Waals surface area contributed by atoms with E-state index in [9.17, 15) is 9.90 Å². The number of hydrogen-bond acceptors (Lipinski definition) is 6. The first kappa shape index (κ1) is 19.3. The zero-order valence-electron chi connectivity index (χ0n) is 16.6. The summed E-state index contributed by atoms with van der Waals surface area (Å²) in [6, 6.07) is 5.71. The van der Waals surface area contributed by atoms with Crippen molar-refractivity contribution < 1.29 is 9.90 Å². The van der Waals surface area contributed by atoms with Crippen molar-refractivity contribution in [3.63, 3.8) is 0 Å². The van der Waals surface area contributed by atoms with Crippen LogP contribution in [0.15, 0.2) is 24.4 Å². The Labute approximate surface area is 178 Å². The Morgan fingerprint density at radius 2 is 2.13 bits per heavy atom. The van der Waals surface area contributed by atoms with E-state index in [1.807, 2.05) is 16.9 Å². The molecule has 0 radical (unpaired) electrons. The molecule has 2 aromatic heterocycles. The minimum absolute atomic E-state index is 0.151. The number of aromatic nitrogens is 4. The summed E-state index contributed by atoms with van der Waals surface area (Å²) in [4.78, 5) is 22.2. The maximum Gasteiger partial charge on any atom is 0.238 e. The lowest BCUT2D eigenvalue weighted by molar-refractivity contribution is -0.116. The number of amides is 1. The summed E-state index contributed by atoms with van der Waals surface area (Å²) in [7, 11) is 0. The molecule has 1 amide bonds. The van der Waals surface area contributed by atoms with Crippen molar-refractivity contribution >= 4 is 40.2 Å². The number of halogens is 1. The Balaban J connectivity index is 1.65. The Morgan fingerprint density at radius 1 is 1.33 bits per heavy atom. The highest BCUT2D eigenvalue weighted by Gasteiger charge is 2.36. The predicted octanol–water partition coefficient (Wildman–Crippen LogP) is 3.47. The largest absolute Gasteiger partial charge is 0.392 e. The number of nitrogens with one attached hydrogen (secondary N) is 2. The smallest absolute Gasteiger partial charge is 0.238 e. The van der Waals surface area contributed by atoms with Gasteiger partial charge in [0.2, 0.25) is 11.9 Å². The van der Waals surface area contributed by atoms with Crippen LogP contribution in [0.2, 0.25) is 5.02 Å². The molecule has 1 aliphatic carbocycles. The van der Waals surface area contributed by atoms with E-state index in [2.05, 4.69) is 20.6 Å². The number of benzene rings is 1. The zero-order valence-corrected chi connectivity index (χ0v) is 17.4. The van der Waals surface area contributed by atoms with Gasteiger partial charge in [-0.2, -0.15) is 10.1 Å². The summed E-state index contributed by atoms with van der Waals surface area (Å²) in [5.41, 5.74) is 2.67. The van der Waals surface area contributed by atoms with E-state index in [4.69, 9.17) is 16.7 Å². The number of carbonyl (C=O) groups is 1. The van der Waals surface area contributed by atoms with E-state index in [0.29, 0.717) is 34.9 Å². The van der Waals surface area contributed by atoms with Crippen LogP contribution in [0.25, 0.3) is 11.0 Å². The number of aliphatic hydroxyl groups excluding tert-OH is 1. The van der Waals surface area contributed by atoms with Gasteiger partial charge in [0.15, 0.2) is 5.65 Å². The second-order valence-corrected chi connectivity index (χ2v) is 8.54. The standard InChI is InChI=1S/C21H23ClN6O2/c1-11(29)9-23-21-25-18(17-14-8-12(22)6-7-16(14)24-20(17)30)15-10-28(27-19(15)26-21)13-4-2-3-5-13/h6-8,10-11,13,17,29H,2-5,9H2,1H3,(H,24,30)(H,23,26,27). The van der Waals surface area contributed by atoms with Gasteiger partial charge in [-0.3, -0.25) is 9.48 Å². The molecule has 3 heterocycles. The highest BCUT2D eigenvalue weighted by Crippen LogP contribution is 2.40. The number of aliphatic hydroxyl groups is 1. The molecule has 2 atom stereocenters. The Morgan fingerprint density at radius 3 is 2.90 bits per heavy atom. The first-order valence-corrected chi connectivity index (χ1v) is 10.7. The van der Waals surface area contributed by atoms with Gasteiger partial charge in [-0.25, -0.2) is 4.98 Å². The predicted molar refractivity (Wildman–Crippen MR) is 115 cm³/mol. The Kier molecular flexibility index (Phi) is 4.83. The number of nitrogens with zero attached hydrogens (tertiary/aromatic N) is 4. The van der Waals surface area contributed by atoms with Gasteiger partial charge in [-0.1, -0.05) is 24.4 Å². The van der Waals surface area contributed by atoms with Crippen molar-refractivity contribution in [1.82, 2.24) is 19.7 Å². The molecule has 0 bridgehead atoms. The molecule has 5 rings (SSSR count). The average Bonchev–Trinajstić information content (AvgIpc) is 3.43. The van der Waals surface area contributed by atoms with Gasteiger partial charge in [-0.15, -0.1) is 0 Å². The summed E-state index contributed by atoms with van der Waals surface area (Å²) in [6.45, 7) is 1.98. The van der Waals surface area contributed by atoms with Crippen LogP contribution >= 0.6 is 11.6 Å². The minimum Gasteiger partial charge on any atom is -0.392 e. The molecule has 1 aliphatic heterocycles. The molecule has 0 spiro atoms. The quantitative estimate of drug-likeness (QED) is 0.577. The number of carbonyl (C=O) groups excluding carboxylic acids is 1. The molecule has 2 aliphatic rings. The fourth-order valence-corrected chi connectivity index (χ4v) is 4.52. The van der Waals surface area contributed by atoms with Crippen molar-refractivity contribution in [2.45, 2.75) is 50.7 Å². The monoisotopic (exact) mass is 426 g/mol. The van der Waals surface area contributed by atoms with Crippen LogP contribution in [0.5, 0.6) is 0 Å². The fourth-order valence-electron chi connectivity index (χ4n) is 4.34. The molecule has 1 aromatic carbocycles. The molecule has 2 unspecified atom stereocenters. The van der Waals surface area contributed by atoms with Gasteiger partial charge < -0.3 is 15.7 Å². The highest BCUT2D eigenvalue weighted by molar-refractivity contribution is 6.31. The third-order valence-electron chi connectivity index (χ3n) is 5.80. The van der Waals surface area contributed by atoms with Gasteiger partial charge in [0, 0.05) is 23.5 Å². The van der Waals surface area contributed by atoms with E-state index in [1.165, 1.54) is 12.8 Å². The molecular weight excluding hydrogens is 404 g/mol. The van der Waals surface area contributed by atoms with Crippen LogP contribution in [0, 0.1) is 0 Å². The zero-order chi connectivity index (χ0) is 20.8. The van der Waals surface area contributed by atoms with Crippen LogP contribution < -0.4 is 10.6 Å². The van der Waals surface area contributed by atoms with E-state index < -0.39 is 12.0 Å². The van der Waals surface area contributed by atoms with Crippen molar-refractivity contribution in [1.29, 1.82) is 0 Å². The number of anilines is 2. The lowest BCUT2D eigenvalue weighted by Crippen LogP contribution is -2.19. The number of rotatable bonds is 5. The Bertz CT molecular complexity index is 1120. The third kappa shape index (κ3) is 3.40. The molecule has 0 saturated heterocycles. The summed E-state index contributed by atoms with van der Waals surface area (Å²) in [6.07, 6.45) is 5.97. The van der Waals surface area contributed by atoms with Crippen LogP contribution in [0.4, 0.5) is 11.6 Å². The van der Waals surface area contributed by atoms with Gasteiger partial charge in [0.25, 0.3) is 0 Å². The minimum atomic E-state index is -0.600. The normalized spacial score (nSPS) is 19.8. The van der Waals surface area contributed by atoms with Crippen molar-refractivity contribution in [2.24, 2.45) is 0 Å². The van der Waals surface area contributed by atoms with Gasteiger partial charge in [0.05, 0.1) is 23.2 Å². The third-order valence-corrected chi connectivity index (χ3v) is 6.03.